The molecule has 1 fully saturated rings. The first-order valence-corrected chi connectivity index (χ1v) is 16.2. The zero-order chi connectivity index (χ0) is 31.5. The molecule has 0 radical (unpaired) electrons. The van der Waals surface area contributed by atoms with Crippen molar-refractivity contribution >= 4 is 40.8 Å². The zero-order valence-electron chi connectivity index (χ0n) is 25.5. The number of anilines is 1. The van der Waals surface area contributed by atoms with Gasteiger partial charge in [-0.15, -0.1) is 0 Å². The molecule has 0 bridgehead atoms. The number of ether oxygens (including phenoxy) is 1. The first kappa shape index (κ1) is 33.8. The van der Waals surface area contributed by atoms with Crippen molar-refractivity contribution in [1.29, 1.82) is 0 Å². The Bertz CT molecular complexity index is 1400. The van der Waals surface area contributed by atoms with Crippen LogP contribution < -0.4 is 15.5 Å². The van der Waals surface area contributed by atoms with Crippen LogP contribution in [0.15, 0.2) is 66.7 Å². The Kier molecular flexibility index (Phi) is 12.9. The Morgan fingerprint density at radius 3 is 2.39 bits per heavy atom. The number of carbonyl (C=O) groups excluding carboxylic acids is 2. The lowest BCUT2D eigenvalue weighted by molar-refractivity contribution is -0.121. The van der Waals surface area contributed by atoms with Gasteiger partial charge in [0, 0.05) is 59.8 Å². The van der Waals surface area contributed by atoms with E-state index in [9.17, 15) is 14.0 Å². The largest absolute Gasteiger partial charge is 0.450 e. The number of benzene rings is 3. The number of ketones is 1. The molecule has 3 aromatic rings. The van der Waals surface area contributed by atoms with Crippen molar-refractivity contribution < 1.29 is 18.7 Å². The number of halogens is 3. The molecular weight excluding hydrogens is 600 g/mol. The van der Waals surface area contributed by atoms with Gasteiger partial charge in [0.05, 0.1) is 12.6 Å². The van der Waals surface area contributed by atoms with Gasteiger partial charge in [0.25, 0.3) is 0 Å². The number of nitrogens with zero attached hydrogens (tertiary/aromatic N) is 1. The summed E-state index contributed by atoms with van der Waals surface area (Å²) in [5.41, 5.74) is 3.92. The van der Waals surface area contributed by atoms with Gasteiger partial charge >= 0.3 is 6.09 Å². The first-order chi connectivity index (χ1) is 21.2. The summed E-state index contributed by atoms with van der Waals surface area (Å²) in [6, 6.07) is 20.0. The van der Waals surface area contributed by atoms with Crippen molar-refractivity contribution in [1.82, 2.24) is 10.6 Å². The Hall–Kier alpha value is -3.13. The molecule has 0 saturated carbocycles. The molecule has 1 unspecified atom stereocenters. The predicted molar refractivity (Wildman–Crippen MR) is 176 cm³/mol. The van der Waals surface area contributed by atoms with Gasteiger partial charge in [-0.1, -0.05) is 65.7 Å². The fraction of sp³-hybridized carbons (Fsp3) is 0.429. The first-order valence-electron chi connectivity index (χ1n) is 15.4. The summed E-state index contributed by atoms with van der Waals surface area (Å²) in [5.74, 6) is 0.203. The van der Waals surface area contributed by atoms with Gasteiger partial charge in [-0.2, -0.15) is 0 Å². The standard InChI is InChI=1S/C35H42Cl2FN3O3/c1-3-44-35(43)40-32(21-26-13-14-29(36)22-30(26)37)34(42)15-12-25-16-18-41(19-17-25)33-11-7-5-8-27(33)20-24(2)39-23-28-9-4-6-10-31(28)38/h4-11,13-14,22,24-25,32,39H,3,12,15-21,23H2,1-2H3,(H,40,43)/t24?,32-/m1/s1. The van der Waals surface area contributed by atoms with E-state index in [1.807, 2.05) is 12.1 Å². The van der Waals surface area contributed by atoms with E-state index in [-0.39, 0.29) is 30.7 Å². The van der Waals surface area contributed by atoms with E-state index in [2.05, 4.69) is 46.7 Å². The van der Waals surface area contributed by atoms with Crippen molar-refractivity contribution in [3.8, 4) is 0 Å². The SMILES string of the molecule is CCOC(=O)N[C@H](Cc1ccc(Cl)cc1Cl)C(=O)CCC1CCN(c2ccccc2CC(C)NCc2ccccc2F)CC1. The molecule has 1 aliphatic heterocycles. The molecule has 236 valence electrons. The highest BCUT2D eigenvalue weighted by molar-refractivity contribution is 6.35. The highest BCUT2D eigenvalue weighted by Gasteiger charge is 2.26. The van der Waals surface area contributed by atoms with Crippen LogP contribution in [0.2, 0.25) is 10.0 Å². The number of nitrogens with one attached hydrogen (secondary N) is 2. The maximum Gasteiger partial charge on any atom is 0.407 e. The Labute approximate surface area is 270 Å². The summed E-state index contributed by atoms with van der Waals surface area (Å²) in [6.45, 7) is 6.40. The molecule has 1 amide bonds. The van der Waals surface area contributed by atoms with Gasteiger partial charge in [-0.25, -0.2) is 9.18 Å². The number of para-hydroxylation sites is 1. The quantitative estimate of drug-likeness (QED) is 0.188. The second kappa shape index (κ2) is 16.8. The molecule has 0 spiro atoms. The van der Waals surface area contributed by atoms with E-state index in [1.54, 1.807) is 31.2 Å². The van der Waals surface area contributed by atoms with Crippen LogP contribution in [-0.2, 0) is 28.9 Å². The number of rotatable bonds is 14. The lowest BCUT2D eigenvalue weighted by atomic mass is 9.89. The highest BCUT2D eigenvalue weighted by atomic mass is 35.5. The molecule has 1 saturated heterocycles. The maximum absolute atomic E-state index is 14.0. The molecule has 0 aliphatic carbocycles. The topological polar surface area (TPSA) is 70.7 Å². The summed E-state index contributed by atoms with van der Waals surface area (Å²) in [4.78, 5) is 28.0. The lowest BCUT2D eigenvalue weighted by Crippen LogP contribution is -2.43. The summed E-state index contributed by atoms with van der Waals surface area (Å²) in [5, 5.41) is 7.17. The van der Waals surface area contributed by atoms with Crippen molar-refractivity contribution in [2.75, 3.05) is 24.6 Å². The number of hydrogen-bond acceptors (Lipinski definition) is 5. The molecule has 2 N–H and O–H groups in total. The van der Waals surface area contributed by atoms with Gasteiger partial charge in [-0.3, -0.25) is 4.79 Å². The van der Waals surface area contributed by atoms with Crippen molar-refractivity contribution in [3.63, 3.8) is 0 Å². The molecule has 9 heteroatoms. The monoisotopic (exact) mass is 641 g/mol. The van der Waals surface area contributed by atoms with E-state index in [0.29, 0.717) is 34.5 Å². The normalized spacial score (nSPS) is 15.1. The summed E-state index contributed by atoms with van der Waals surface area (Å²) in [7, 11) is 0. The predicted octanol–water partition coefficient (Wildman–Crippen LogP) is 7.78. The average Bonchev–Trinajstić information content (AvgIpc) is 3.01. The van der Waals surface area contributed by atoms with Gasteiger partial charge < -0.3 is 20.3 Å². The molecule has 4 rings (SSSR count). The Balaban J connectivity index is 1.29. The third kappa shape index (κ3) is 9.94. The molecule has 44 heavy (non-hydrogen) atoms. The Morgan fingerprint density at radius 1 is 0.977 bits per heavy atom. The van der Waals surface area contributed by atoms with Gasteiger partial charge in [0.2, 0.25) is 0 Å². The minimum Gasteiger partial charge on any atom is -0.450 e. The zero-order valence-corrected chi connectivity index (χ0v) is 27.0. The van der Waals surface area contributed by atoms with E-state index in [4.69, 9.17) is 27.9 Å². The van der Waals surface area contributed by atoms with Crippen LogP contribution in [0.3, 0.4) is 0 Å². The number of carbonyl (C=O) groups is 2. The van der Waals surface area contributed by atoms with Crippen LogP contribution in [0.4, 0.5) is 14.9 Å². The number of alkyl carbamates (subject to hydrolysis) is 1. The molecule has 0 aromatic heterocycles. The van der Waals surface area contributed by atoms with Gasteiger partial charge in [0.1, 0.15) is 5.82 Å². The summed E-state index contributed by atoms with van der Waals surface area (Å²) < 4.78 is 19.1. The molecule has 3 aromatic carbocycles. The van der Waals surface area contributed by atoms with Gasteiger partial charge in [0.15, 0.2) is 5.78 Å². The van der Waals surface area contributed by atoms with Gasteiger partial charge in [-0.05, 0) is 80.8 Å². The molecule has 1 heterocycles. The van der Waals surface area contributed by atoms with E-state index < -0.39 is 12.1 Å². The molecule has 1 aliphatic rings. The van der Waals surface area contributed by atoms with Crippen LogP contribution in [0, 0.1) is 11.7 Å². The maximum atomic E-state index is 14.0. The van der Waals surface area contributed by atoms with Crippen molar-refractivity contribution in [2.45, 2.75) is 71.0 Å². The minimum atomic E-state index is -0.728. The van der Waals surface area contributed by atoms with E-state index in [0.717, 1.165) is 44.3 Å². The fourth-order valence-corrected chi connectivity index (χ4v) is 6.26. The summed E-state index contributed by atoms with van der Waals surface area (Å²) in [6.07, 6.45) is 3.61. The third-order valence-corrected chi connectivity index (χ3v) is 8.85. The van der Waals surface area contributed by atoms with Crippen LogP contribution >= 0.6 is 23.2 Å². The number of piperidine rings is 1. The minimum absolute atomic E-state index is 0.0336. The van der Waals surface area contributed by atoms with Crippen LogP contribution in [0.5, 0.6) is 0 Å². The van der Waals surface area contributed by atoms with E-state index >= 15 is 0 Å². The Morgan fingerprint density at radius 2 is 1.68 bits per heavy atom. The second-order valence-corrected chi connectivity index (χ2v) is 12.3. The van der Waals surface area contributed by atoms with Crippen LogP contribution in [0.25, 0.3) is 0 Å². The third-order valence-electron chi connectivity index (χ3n) is 8.27. The lowest BCUT2D eigenvalue weighted by Gasteiger charge is -2.35. The second-order valence-electron chi connectivity index (χ2n) is 11.5. The highest BCUT2D eigenvalue weighted by Crippen LogP contribution is 2.30. The van der Waals surface area contributed by atoms with Crippen molar-refractivity contribution in [2.24, 2.45) is 5.92 Å². The molecular formula is C35H42Cl2FN3O3. The van der Waals surface area contributed by atoms with Crippen LogP contribution in [0.1, 0.15) is 56.2 Å². The average molecular weight is 643 g/mol. The van der Waals surface area contributed by atoms with Crippen LogP contribution in [-0.4, -0.2) is 43.7 Å². The summed E-state index contributed by atoms with van der Waals surface area (Å²) >= 11 is 12.4. The molecule has 6 nitrogen and oxygen atoms in total. The number of Topliss-reactive ketones (excluding diaryl/α,β-unsaturated/α-hetero) is 1. The van der Waals surface area contributed by atoms with E-state index in [1.165, 1.54) is 17.3 Å². The smallest absolute Gasteiger partial charge is 0.407 e. The molecule has 2 atom stereocenters. The van der Waals surface area contributed by atoms with Crippen molar-refractivity contribution in [3.05, 3.63) is 99.3 Å². The fourth-order valence-electron chi connectivity index (χ4n) is 5.77. The number of amides is 1. The number of hydrogen-bond donors (Lipinski definition) is 2.